The first-order chi connectivity index (χ1) is 11.7. The molecule has 1 aromatic carbocycles. The Labute approximate surface area is 146 Å². The number of urea groups is 1. The van der Waals surface area contributed by atoms with Gasteiger partial charge in [0.1, 0.15) is 0 Å². The van der Waals surface area contributed by atoms with Gasteiger partial charge in [0.25, 0.3) is 0 Å². The van der Waals surface area contributed by atoms with Crippen LogP contribution in [-0.2, 0) is 6.42 Å². The monoisotopic (exact) mass is 346 g/mol. The summed E-state index contributed by atoms with van der Waals surface area (Å²) in [7, 11) is 0. The Morgan fingerprint density at radius 3 is 3.00 bits per heavy atom. The molecule has 0 spiro atoms. The quantitative estimate of drug-likeness (QED) is 0.922. The Morgan fingerprint density at radius 2 is 2.17 bits per heavy atom. The fraction of sp³-hybridized carbons (Fsp3) is 0.471. The minimum Gasteiger partial charge on any atom is -0.421 e. The number of hydrogen-bond donors (Lipinski definition) is 1. The maximum Gasteiger partial charge on any atom is 0.317 e. The zero-order chi connectivity index (χ0) is 16.8. The zero-order valence-corrected chi connectivity index (χ0v) is 14.6. The highest BCUT2D eigenvalue weighted by Gasteiger charge is 2.21. The van der Waals surface area contributed by atoms with E-state index >= 15 is 0 Å². The van der Waals surface area contributed by atoms with Crippen molar-refractivity contribution in [3.8, 4) is 11.5 Å². The molecule has 0 aliphatic carbocycles. The lowest BCUT2D eigenvalue weighted by Gasteiger charge is -2.26. The van der Waals surface area contributed by atoms with E-state index in [1.54, 1.807) is 0 Å². The maximum absolute atomic E-state index is 12.3. The van der Waals surface area contributed by atoms with Crippen LogP contribution in [0.5, 0.6) is 0 Å². The molecule has 3 rings (SSSR count). The lowest BCUT2D eigenvalue weighted by Crippen LogP contribution is -2.46. The Balaban J connectivity index is 1.49. The fourth-order valence-corrected chi connectivity index (χ4v) is 3.66. The Bertz CT molecular complexity index is 662. The smallest absolute Gasteiger partial charge is 0.317 e. The second-order valence-electron chi connectivity index (χ2n) is 5.79. The molecule has 2 aromatic rings. The minimum atomic E-state index is -0.00667. The lowest BCUT2D eigenvalue weighted by atomic mass is 10.2. The Hall–Kier alpha value is -2.02. The molecule has 1 N–H and O–H groups in total. The van der Waals surface area contributed by atoms with E-state index < -0.39 is 0 Å². The number of rotatable bonds is 4. The molecule has 128 valence electrons. The van der Waals surface area contributed by atoms with Gasteiger partial charge in [0.2, 0.25) is 11.8 Å². The predicted molar refractivity (Wildman–Crippen MR) is 94.9 cm³/mol. The number of nitrogens with zero attached hydrogens (tertiary/aromatic N) is 3. The molecule has 0 unspecified atom stereocenters. The van der Waals surface area contributed by atoms with Crippen LogP contribution in [-0.4, -0.2) is 51.8 Å². The first-order valence-electron chi connectivity index (χ1n) is 8.24. The number of nitrogens with one attached hydrogen (secondary N) is 1. The van der Waals surface area contributed by atoms with Gasteiger partial charge in [-0.1, -0.05) is 18.2 Å². The average Bonchev–Trinajstić information content (AvgIpc) is 2.97. The maximum atomic E-state index is 12.3. The molecule has 2 heterocycles. The Kier molecular flexibility index (Phi) is 5.74. The zero-order valence-electron chi connectivity index (χ0n) is 13.8. The molecule has 1 aliphatic heterocycles. The van der Waals surface area contributed by atoms with Crippen molar-refractivity contribution < 1.29 is 9.21 Å². The van der Waals surface area contributed by atoms with E-state index in [-0.39, 0.29) is 12.1 Å². The molecule has 0 saturated carbocycles. The van der Waals surface area contributed by atoms with E-state index in [2.05, 4.69) is 22.4 Å². The van der Waals surface area contributed by atoms with Crippen molar-refractivity contribution >= 4 is 17.8 Å². The molecule has 1 aromatic heterocycles. The van der Waals surface area contributed by atoms with E-state index in [0.717, 1.165) is 30.0 Å². The van der Waals surface area contributed by atoms with Crippen LogP contribution in [0.4, 0.5) is 4.79 Å². The van der Waals surface area contributed by atoms with Crippen molar-refractivity contribution in [3.63, 3.8) is 0 Å². The first kappa shape index (κ1) is 16.8. The van der Waals surface area contributed by atoms with Gasteiger partial charge in [0, 0.05) is 36.9 Å². The van der Waals surface area contributed by atoms with Crippen molar-refractivity contribution in [3.05, 3.63) is 36.2 Å². The fourth-order valence-electron chi connectivity index (χ4n) is 2.63. The average molecular weight is 346 g/mol. The number of carbonyl (C=O) groups is 1. The molecule has 1 aliphatic rings. The van der Waals surface area contributed by atoms with Crippen molar-refractivity contribution in [2.75, 3.05) is 24.6 Å². The molecule has 0 radical (unpaired) electrons. The van der Waals surface area contributed by atoms with Crippen LogP contribution in [0.1, 0.15) is 19.2 Å². The molecule has 2 amide bonds. The third kappa shape index (κ3) is 4.29. The summed E-state index contributed by atoms with van der Waals surface area (Å²) in [6.07, 6.45) is 1.57. The van der Waals surface area contributed by atoms with Crippen LogP contribution in [0.2, 0.25) is 0 Å². The van der Waals surface area contributed by atoms with Crippen molar-refractivity contribution in [2.24, 2.45) is 0 Å². The number of benzene rings is 1. The summed E-state index contributed by atoms with van der Waals surface area (Å²) in [6, 6.07) is 9.94. The summed E-state index contributed by atoms with van der Waals surface area (Å²) in [5, 5.41) is 11.1. The van der Waals surface area contributed by atoms with Gasteiger partial charge in [-0.25, -0.2) is 4.79 Å². The van der Waals surface area contributed by atoms with Gasteiger partial charge in [-0.15, -0.1) is 10.2 Å². The van der Waals surface area contributed by atoms with Gasteiger partial charge in [-0.3, -0.25) is 0 Å². The standard InChI is InChI=1S/C17H22N4O2S/c1-13-8-11-24-12-10-21(13)17(22)18-9-7-15-19-20-16(23-15)14-5-3-2-4-6-14/h2-6,13H,7-12H2,1H3,(H,18,22)/t13-/m1/s1. The van der Waals surface area contributed by atoms with Crippen LogP contribution in [0, 0.1) is 0 Å². The van der Waals surface area contributed by atoms with Gasteiger partial charge >= 0.3 is 6.03 Å². The summed E-state index contributed by atoms with van der Waals surface area (Å²) in [5.74, 6) is 3.17. The van der Waals surface area contributed by atoms with E-state index in [9.17, 15) is 4.79 Å². The van der Waals surface area contributed by atoms with Crippen molar-refractivity contribution in [2.45, 2.75) is 25.8 Å². The molecule has 1 fully saturated rings. The summed E-state index contributed by atoms with van der Waals surface area (Å²) in [5.41, 5.74) is 0.899. The normalized spacial score (nSPS) is 18.2. The van der Waals surface area contributed by atoms with Gasteiger partial charge in [0.15, 0.2) is 0 Å². The molecular formula is C17H22N4O2S. The molecule has 1 atom stereocenters. The Morgan fingerprint density at radius 1 is 1.33 bits per heavy atom. The van der Waals surface area contributed by atoms with E-state index in [0.29, 0.717) is 24.7 Å². The van der Waals surface area contributed by atoms with E-state index in [4.69, 9.17) is 4.42 Å². The third-order valence-electron chi connectivity index (χ3n) is 4.05. The van der Waals surface area contributed by atoms with Gasteiger partial charge in [0.05, 0.1) is 0 Å². The number of aromatic nitrogens is 2. The van der Waals surface area contributed by atoms with E-state index in [1.165, 1.54) is 0 Å². The second kappa shape index (κ2) is 8.19. The van der Waals surface area contributed by atoms with Gasteiger partial charge in [-0.2, -0.15) is 11.8 Å². The highest BCUT2D eigenvalue weighted by Crippen LogP contribution is 2.17. The number of carbonyl (C=O) groups excluding carboxylic acids is 1. The van der Waals surface area contributed by atoms with Gasteiger partial charge < -0.3 is 14.6 Å². The molecular weight excluding hydrogens is 324 g/mol. The molecule has 24 heavy (non-hydrogen) atoms. The van der Waals surface area contributed by atoms with Crippen molar-refractivity contribution in [1.82, 2.24) is 20.4 Å². The highest BCUT2D eigenvalue weighted by molar-refractivity contribution is 7.99. The van der Waals surface area contributed by atoms with Crippen LogP contribution < -0.4 is 5.32 Å². The van der Waals surface area contributed by atoms with E-state index in [1.807, 2.05) is 47.0 Å². The summed E-state index contributed by atoms with van der Waals surface area (Å²) in [6.45, 7) is 3.40. The third-order valence-corrected chi connectivity index (χ3v) is 5.05. The first-order valence-corrected chi connectivity index (χ1v) is 9.39. The molecule has 7 heteroatoms. The van der Waals surface area contributed by atoms with Crippen LogP contribution in [0.3, 0.4) is 0 Å². The topological polar surface area (TPSA) is 71.3 Å². The van der Waals surface area contributed by atoms with Crippen LogP contribution in [0.25, 0.3) is 11.5 Å². The lowest BCUT2D eigenvalue weighted by molar-refractivity contribution is 0.183. The van der Waals surface area contributed by atoms with Crippen LogP contribution >= 0.6 is 11.8 Å². The largest absolute Gasteiger partial charge is 0.421 e. The van der Waals surface area contributed by atoms with Gasteiger partial charge in [-0.05, 0) is 31.2 Å². The summed E-state index contributed by atoms with van der Waals surface area (Å²) >= 11 is 1.91. The summed E-state index contributed by atoms with van der Waals surface area (Å²) in [4.78, 5) is 14.2. The number of amides is 2. The molecule has 0 bridgehead atoms. The van der Waals surface area contributed by atoms with Crippen molar-refractivity contribution in [1.29, 1.82) is 0 Å². The van der Waals surface area contributed by atoms with Crippen LogP contribution in [0.15, 0.2) is 34.7 Å². The predicted octanol–water partition coefficient (Wildman–Crippen LogP) is 2.82. The minimum absolute atomic E-state index is 0.00667. The highest BCUT2D eigenvalue weighted by atomic mass is 32.2. The SMILES string of the molecule is C[C@@H]1CCSCCN1C(=O)NCCc1nnc(-c2ccccc2)o1. The second-order valence-corrected chi connectivity index (χ2v) is 7.02. The summed E-state index contributed by atoms with van der Waals surface area (Å²) < 4.78 is 5.65. The number of thioether (sulfide) groups is 1. The molecule has 1 saturated heterocycles. The number of hydrogen-bond acceptors (Lipinski definition) is 5. The molecule has 6 nitrogen and oxygen atoms in total.